The van der Waals surface area contributed by atoms with Crippen molar-refractivity contribution in [3.63, 3.8) is 0 Å². The maximum atomic E-state index is 13.0. The van der Waals surface area contributed by atoms with Crippen molar-refractivity contribution in [1.29, 1.82) is 0 Å². The first-order valence-electron chi connectivity index (χ1n) is 9.65. The van der Waals surface area contributed by atoms with Gasteiger partial charge in [-0.3, -0.25) is 4.79 Å². The summed E-state index contributed by atoms with van der Waals surface area (Å²) in [5.74, 6) is -0.245. The Morgan fingerprint density at radius 1 is 1.28 bits per heavy atom. The molecular formula is C20H26FN3O4S. The number of aromatic nitrogens is 1. The maximum Gasteiger partial charge on any atom is 0.248 e. The van der Waals surface area contributed by atoms with Crippen molar-refractivity contribution in [2.24, 2.45) is 11.8 Å². The van der Waals surface area contributed by atoms with Crippen molar-refractivity contribution in [3.8, 4) is 0 Å². The van der Waals surface area contributed by atoms with E-state index < -0.39 is 10.0 Å². The molecule has 1 fully saturated rings. The Morgan fingerprint density at radius 3 is 2.45 bits per heavy atom. The van der Waals surface area contributed by atoms with Gasteiger partial charge in [-0.1, -0.05) is 24.2 Å². The van der Waals surface area contributed by atoms with Crippen LogP contribution in [0, 0.1) is 31.5 Å². The molecule has 7 nitrogen and oxygen atoms in total. The van der Waals surface area contributed by atoms with E-state index in [1.807, 2.05) is 6.92 Å². The number of piperidine rings is 1. The molecule has 29 heavy (non-hydrogen) atoms. The predicted octanol–water partition coefficient (Wildman–Crippen LogP) is 2.78. The molecule has 2 heterocycles. The molecule has 1 amide bonds. The second kappa shape index (κ2) is 8.62. The summed E-state index contributed by atoms with van der Waals surface area (Å²) in [6, 6.07) is 6.00. The van der Waals surface area contributed by atoms with Crippen molar-refractivity contribution in [2.45, 2.75) is 45.1 Å². The molecule has 0 bridgehead atoms. The highest BCUT2D eigenvalue weighted by atomic mass is 32.2. The summed E-state index contributed by atoms with van der Waals surface area (Å²) < 4.78 is 45.2. The van der Waals surface area contributed by atoms with Gasteiger partial charge in [0.15, 0.2) is 5.76 Å². The van der Waals surface area contributed by atoms with Crippen LogP contribution in [0.4, 0.5) is 4.39 Å². The van der Waals surface area contributed by atoms with E-state index in [0.29, 0.717) is 38.2 Å². The van der Waals surface area contributed by atoms with E-state index >= 15 is 0 Å². The van der Waals surface area contributed by atoms with Crippen molar-refractivity contribution in [2.75, 3.05) is 13.1 Å². The van der Waals surface area contributed by atoms with Crippen molar-refractivity contribution in [1.82, 2.24) is 14.8 Å². The average Bonchev–Trinajstić information content (AvgIpc) is 3.05. The number of nitrogens with one attached hydrogen (secondary N) is 1. The summed E-state index contributed by atoms with van der Waals surface area (Å²) in [7, 11) is -3.65. The van der Waals surface area contributed by atoms with E-state index in [2.05, 4.69) is 10.5 Å². The van der Waals surface area contributed by atoms with Gasteiger partial charge in [0.1, 0.15) is 16.4 Å². The van der Waals surface area contributed by atoms with Gasteiger partial charge in [-0.2, -0.15) is 4.31 Å². The van der Waals surface area contributed by atoms with Crippen LogP contribution in [-0.2, 0) is 21.4 Å². The molecule has 1 aromatic heterocycles. The highest BCUT2D eigenvalue weighted by molar-refractivity contribution is 7.89. The third kappa shape index (κ3) is 4.67. The Morgan fingerprint density at radius 2 is 1.90 bits per heavy atom. The number of hydrogen-bond donors (Lipinski definition) is 1. The SMILES string of the molecule is Cc1noc(C)c1S(=O)(=O)N1CCC(C(C)C(=O)NCc2ccc(F)cc2)CC1. The van der Waals surface area contributed by atoms with E-state index in [0.717, 1.165) is 5.56 Å². The van der Waals surface area contributed by atoms with E-state index in [9.17, 15) is 17.6 Å². The number of nitrogens with zero attached hydrogens (tertiary/aromatic N) is 2. The lowest BCUT2D eigenvalue weighted by molar-refractivity contribution is -0.126. The second-order valence-corrected chi connectivity index (χ2v) is 9.40. The smallest absolute Gasteiger partial charge is 0.248 e. The van der Waals surface area contributed by atoms with Gasteiger partial charge in [0.2, 0.25) is 15.9 Å². The summed E-state index contributed by atoms with van der Waals surface area (Å²) in [6.45, 7) is 6.11. The van der Waals surface area contributed by atoms with Crippen LogP contribution in [0.5, 0.6) is 0 Å². The Hall–Kier alpha value is -2.26. The van der Waals surface area contributed by atoms with Crippen LogP contribution in [-0.4, -0.2) is 36.9 Å². The first-order chi connectivity index (χ1) is 13.7. The largest absolute Gasteiger partial charge is 0.360 e. The highest BCUT2D eigenvalue weighted by Gasteiger charge is 2.36. The van der Waals surface area contributed by atoms with Gasteiger partial charge >= 0.3 is 0 Å². The zero-order valence-corrected chi connectivity index (χ0v) is 17.6. The lowest BCUT2D eigenvalue weighted by Gasteiger charge is -2.33. The fraction of sp³-hybridized carbons (Fsp3) is 0.500. The molecule has 0 radical (unpaired) electrons. The molecule has 1 aliphatic rings. The van der Waals surface area contributed by atoms with Gasteiger partial charge < -0.3 is 9.84 Å². The number of carbonyl (C=O) groups is 1. The van der Waals surface area contributed by atoms with Gasteiger partial charge in [-0.15, -0.1) is 0 Å². The van der Waals surface area contributed by atoms with Gasteiger partial charge in [-0.05, 0) is 50.3 Å². The number of halogens is 1. The van der Waals surface area contributed by atoms with Gasteiger partial charge in [0.25, 0.3) is 0 Å². The fourth-order valence-corrected chi connectivity index (χ4v) is 5.52. The van der Waals surface area contributed by atoms with E-state index in [-0.39, 0.29) is 34.2 Å². The minimum Gasteiger partial charge on any atom is -0.360 e. The summed E-state index contributed by atoms with van der Waals surface area (Å²) in [6.07, 6.45) is 1.21. The number of carbonyl (C=O) groups excluding carboxylic acids is 1. The molecule has 0 spiro atoms. The lowest BCUT2D eigenvalue weighted by Crippen LogP contribution is -2.42. The van der Waals surface area contributed by atoms with Crippen LogP contribution in [0.3, 0.4) is 0 Å². The van der Waals surface area contributed by atoms with Crippen LogP contribution in [0.1, 0.15) is 36.8 Å². The van der Waals surface area contributed by atoms with Crippen LogP contribution in [0.25, 0.3) is 0 Å². The molecule has 1 aromatic carbocycles. The van der Waals surface area contributed by atoms with Crippen LogP contribution in [0.15, 0.2) is 33.7 Å². The molecule has 3 rings (SSSR count). The number of sulfonamides is 1. The summed E-state index contributed by atoms with van der Waals surface area (Å²) in [5.41, 5.74) is 1.19. The molecule has 2 aromatic rings. The molecule has 1 aliphatic heterocycles. The van der Waals surface area contributed by atoms with Crippen molar-refractivity contribution in [3.05, 3.63) is 47.1 Å². The molecular weight excluding hydrogens is 397 g/mol. The first kappa shape index (κ1) is 21.4. The molecule has 1 unspecified atom stereocenters. The zero-order chi connectivity index (χ0) is 21.2. The average molecular weight is 424 g/mol. The van der Waals surface area contributed by atoms with E-state index in [1.165, 1.54) is 16.4 Å². The quantitative estimate of drug-likeness (QED) is 0.771. The molecule has 0 saturated carbocycles. The Labute approximate surface area is 170 Å². The number of amides is 1. The molecule has 1 N–H and O–H groups in total. The Bertz CT molecular complexity index is 945. The highest BCUT2D eigenvalue weighted by Crippen LogP contribution is 2.30. The fourth-order valence-electron chi connectivity index (χ4n) is 3.75. The zero-order valence-electron chi connectivity index (χ0n) is 16.8. The third-order valence-electron chi connectivity index (χ3n) is 5.56. The van der Waals surface area contributed by atoms with Gasteiger partial charge in [-0.25, -0.2) is 12.8 Å². The molecule has 1 saturated heterocycles. The lowest BCUT2D eigenvalue weighted by atomic mass is 9.85. The number of aryl methyl sites for hydroxylation is 2. The van der Waals surface area contributed by atoms with Gasteiger partial charge in [0.05, 0.1) is 0 Å². The van der Waals surface area contributed by atoms with Crippen LogP contribution < -0.4 is 5.32 Å². The van der Waals surface area contributed by atoms with Crippen molar-refractivity contribution < 1.29 is 22.1 Å². The number of hydrogen-bond acceptors (Lipinski definition) is 5. The first-order valence-corrected chi connectivity index (χ1v) is 11.1. The minimum absolute atomic E-state index is 0.0821. The maximum absolute atomic E-state index is 13.0. The molecule has 0 aliphatic carbocycles. The Kier molecular flexibility index (Phi) is 6.38. The van der Waals surface area contributed by atoms with E-state index in [1.54, 1.807) is 26.0 Å². The standard InChI is InChI=1S/C20H26FN3O4S/c1-13(20(25)22-12-16-4-6-18(21)7-5-16)17-8-10-24(11-9-17)29(26,27)19-14(2)23-28-15(19)3/h4-7,13,17H,8-12H2,1-3H3,(H,22,25). The predicted molar refractivity (Wildman–Crippen MR) is 105 cm³/mol. The monoisotopic (exact) mass is 423 g/mol. The summed E-state index contributed by atoms with van der Waals surface area (Å²) in [4.78, 5) is 12.6. The molecule has 1 atom stereocenters. The third-order valence-corrected chi connectivity index (χ3v) is 7.71. The van der Waals surface area contributed by atoms with E-state index in [4.69, 9.17) is 4.52 Å². The number of rotatable bonds is 6. The normalized spacial score (nSPS) is 17.2. The van der Waals surface area contributed by atoms with Crippen molar-refractivity contribution >= 4 is 15.9 Å². The van der Waals surface area contributed by atoms with Crippen LogP contribution in [0.2, 0.25) is 0 Å². The summed E-state index contributed by atoms with van der Waals surface area (Å²) >= 11 is 0. The summed E-state index contributed by atoms with van der Waals surface area (Å²) in [5, 5.41) is 6.62. The molecule has 158 valence electrons. The minimum atomic E-state index is -3.65. The van der Waals surface area contributed by atoms with Gasteiger partial charge in [0, 0.05) is 25.6 Å². The Balaban J connectivity index is 1.55. The topological polar surface area (TPSA) is 92.5 Å². The molecule has 9 heteroatoms. The number of benzene rings is 1. The van der Waals surface area contributed by atoms with Crippen LogP contribution >= 0.6 is 0 Å². The second-order valence-electron chi connectivity index (χ2n) is 7.53.